The van der Waals surface area contributed by atoms with E-state index in [0.29, 0.717) is 12.1 Å². The van der Waals surface area contributed by atoms with Crippen molar-refractivity contribution in [3.8, 4) is 0 Å². The quantitative estimate of drug-likeness (QED) is 0.653. The molecule has 3 aromatic rings. The Labute approximate surface area is 169 Å². The Morgan fingerprint density at radius 3 is 2.76 bits per heavy atom. The summed E-state index contributed by atoms with van der Waals surface area (Å²) in [5.41, 5.74) is 0.587. The van der Waals surface area contributed by atoms with Gasteiger partial charge in [-0.15, -0.1) is 0 Å². The number of nitrogens with one attached hydrogen (secondary N) is 1. The van der Waals surface area contributed by atoms with Gasteiger partial charge in [0.1, 0.15) is 11.6 Å². The second-order valence-corrected chi connectivity index (χ2v) is 7.18. The summed E-state index contributed by atoms with van der Waals surface area (Å²) in [5, 5.41) is 4.80. The van der Waals surface area contributed by atoms with E-state index in [2.05, 4.69) is 25.1 Å². The molecule has 7 heteroatoms. The number of carbonyl (C=O) groups is 1. The zero-order chi connectivity index (χ0) is 20.1. The fourth-order valence-electron chi connectivity index (χ4n) is 3.67. The molecule has 29 heavy (non-hydrogen) atoms. The van der Waals surface area contributed by atoms with Crippen molar-refractivity contribution in [3.63, 3.8) is 0 Å². The Morgan fingerprint density at radius 2 is 1.97 bits per heavy atom. The van der Waals surface area contributed by atoms with Crippen LogP contribution in [-0.4, -0.2) is 60.0 Å². The van der Waals surface area contributed by atoms with E-state index in [0.717, 1.165) is 55.7 Å². The van der Waals surface area contributed by atoms with Crippen LogP contribution in [0.1, 0.15) is 16.8 Å². The van der Waals surface area contributed by atoms with Crippen LogP contribution < -0.4 is 10.2 Å². The van der Waals surface area contributed by atoms with Crippen LogP contribution in [0.2, 0.25) is 0 Å². The SMILES string of the molecule is O=C(NCCCN1CCN(c2nccc3cc(F)ccc23)CC1)c1cccnc1. The van der Waals surface area contributed by atoms with Gasteiger partial charge in [-0.05, 0) is 54.8 Å². The Bertz CT molecular complexity index is 973. The predicted molar refractivity (Wildman–Crippen MR) is 112 cm³/mol. The van der Waals surface area contributed by atoms with Crippen molar-refractivity contribution in [2.45, 2.75) is 6.42 Å². The molecule has 1 fully saturated rings. The number of hydrogen-bond donors (Lipinski definition) is 1. The summed E-state index contributed by atoms with van der Waals surface area (Å²) in [5.74, 6) is 0.613. The molecule has 0 aliphatic carbocycles. The van der Waals surface area contributed by atoms with Crippen LogP contribution in [0.4, 0.5) is 10.2 Å². The maximum Gasteiger partial charge on any atom is 0.252 e. The number of rotatable bonds is 6. The average Bonchev–Trinajstić information content (AvgIpc) is 2.77. The molecule has 3 heterocycles. The van der Waals surface area contributed by atoms with E-state index < -0.39 is 0 Å². The van der Waals surface area contributed by atoms with Gasteiger partial charge in [0, 0.05) is 56.7 Å². The minimum atomic E-state index is -0.227. The lowest BCUT2D eigenvalue weighted by Gasteiger charge is -2.35. The third-order valence-corrected chi connectivity index (χ3v) is 5.24. The Morgan fingerprint density at radius 1 is 1.10 bits per heavy atom. The predicted octanol–water partition coefficient (Wildman–Crippen LogP) is 2.71. The number of nitrogens with zero attached hydrogens (tertiary/aromatic N) is 4. The normalized spacial score (nSPS) is 14.9. The van der Waals surface area contributed by atoms with E-state index in [1.807, 2.05) is 12.1 Å². The summed E-state index contributed by atoms with van der Waals surface area (Å²) in [6, 6.07) is 10.2. The number of hydrogen-bond acceptors (Lipinski definition) is 5. The summed E-state index contributed by atoms with van der Waals surface area (Å²) in [6.45, 7) is 5.22. The molecule has 0 saturated carbocycles. The molecule has 0 radical (unpaired) electrons. The van der Waals surface area contributed by atoms with E-state index >= 15 is 0 Å². The summed E-state index contributed by atoms with van der Waals surface area (Å²) < 4.78 is 13.5. The van der Waals surface area contributed by atoms with Gasteiger partial charge in [0.25, 0.3) is 5.91 Å². The number of aromatic nitrogens is 2. The topological polar surface area (TPSA) is 61.4 Å². The molecule has 1 amide bonds. The number of piperazine rings is 1. The summed E-state index contributed by atoms with van der Waals surface area (Å²) >= 11 is 0. The lowest BCUT2D eigenvalue weighted by Crippen LogP contribution is -2.47. The molecule has 0 bridgehead atoms. The van der Waals surface area contributed by atoms with Gasteiger partial charge in [-0.3, -0.25) is 14.7 Å². The van der Waals surface area contributed by atoms with Gasteiger partial charge in [-0.2, -0.15) is 0 Å². The van der Waals surface area contributed by atoms with Gasteiger partial charge >= 0.3 is 0 Å². The zero-order valence-electron chi connectivity index (χ0n) is 16.2. The third kappa shape index (κ3) is 4.68. The van der Waals surface area contributed by atoms with Crippen molar-refractivity contribution < 1.29 is 9.18 Å². The van der Waals surface area contributed by atoms with Crippen molar-refractivity contribution in [1.29, 1.82) is 0 Å². The van der Waals surface area contributed by atoms with Gasteiger partial charge in [-0.1, -0.05) is 0 Å². The molecule has 150 valence electrons. The van der Waals surface area contributed by atoms with Crippen LogP contribution in [-0.2, 0) is 0 Å². The van der Waals surface area contributed by atoms with Crippen molar-refractivity contribution in [2.24, 2.45) is 0 Å². The fourth-order valence-corrected chi connectivity index (χ4v) is 3.67. The highest BCUT2D eigenvalue weighted by molar-refractivity contribution is 5.93. The van der Waals surface area contributed by atoms with E-state index in [9.17, 15) is 9.18 Å². The molecular weight excluding hydrogens is 369 g/mol. The van der Waals surface area contributed by atoms with E-state index in [1.54, 1.807) is 36.8 Å². The molecule has 1 aliphatic heterocycles. The van der Waals surface area contributed by atoms with Crippen molar-refractivity contribution in [2.75, 3.05) is 44.2 Å². The number of anilines is 1. The highest BCUT2D eigenvalue weighted by Crippen LogP contribution is 2.25. The van der Waals surface area contributed by atoms with Gasteiger partial charge in [0.05, 0.1) is 5.56 Å². The van der Waals surface area contributed by atoms with E-state index in [1.165, 1.54) is 6.07 Å². The summed E-state index contributed by atoms with van der Waals surface area (Å²) in [4.78, 5) is 25.2. The second-order valence-electron chi connectivity index (χ2n) is 7.18. The molecule has 2 aromatic heterocycles. The van der Waals surface area contributed by atoms with Crippen LogP contribution >= 0.6 is 0 Å². The molecule has 0 atom stereocenters. The lowest BCUT2D eigenvalue weighted by molar-refractivity contribution is 0.0951. The maximum absolute atomic E-state index is 13.5. The van der Waals surface area contributed by atoms with Gasteiger partial charge in [-0.25, -0.2) is 9.37 Å². The monoisotopic (exact) mass is 393 g/mol. The summed E-state index contributed by atoms with van der Waals surface area (Å²) in [7, 11) is 0. The fraction of sp³-hybridized carbons (Fsp3) is 0.318. The van der Waals surface area contributed by atoms with Crippen molar-refractivity contribution in [3.05, 3.63) is 66.4 Å². The number of halogens is 1. The Balaban J connectivity index is 1.24. The van der Waals surface area contributed by atoms with Crippen LogP contribution in [0.25, 0.3) is 10.8 Å². The highest BCUT2D eigenvalue weighted by Gasteiger charge is 2.19. The maximum atomic E-state index is 13.5. The summed E-state index contributed by atoms with van der Waals surface area (Å²) in [6.07, 6.45) is 5.87. The molecule has 6 nitrogen and oxygen atoms in total. The molecule has 4 rings (SSSR count). The smallest absolute Gasteiger partial charge is 0.252 e. The first-order chi connectivity index (χ1) is 14.2. The van der Waals surface area contributed by atoms with E-state index in [4.69, 9.17) is 0 Å². The minimum absolute atomic E-state index is 0.0820. The molecule has 0 spiro atoms. The minimum Gasteiger partial charge on any atom is -0.354 e. The zero-order valence-corrected chi connectivity index (χ0v) is 16.2. The Kier molecular flexibility index (Phi) is 5.95. The lowest BCUT2D eigenvalue weighted by atomic mass is 10.1. The van der Waals surface area contributed by atoms with Gasteiger partial charge in [0.15, 0.2) is 0 Å². The molecule has 1 aromatic carbocycles. The van der Waals surface area contributed by atoms with E-state index in [-0.39, 0.29) is 11.7 Å². The molecule has 1 saturated heterocycles. The first kappa shape index (κ1) is 19.3. The van der Waals surface area contributed by atoms with Crippen LogP contribution in [0.3, 0.4) is 0 Å². The number of pyridine rings is 2. The van der Waals surface area contributed by atoms with Gasteiger partial charge < -0.3 is 10.2 Å². The largest absolute Gasteiger partial charge is 0.354 e. The molecule has 1 aliphatic rings. The van der Waals surface area contributed by atoms with Crippen molar-refractivity contribution in [1.82, 2.24) is 20.2 Å². The first-order valence-corrected chi connectivity index (χ1v) is 9.90. The van der Waals surface area contributed by atoms with Crippen LogP contribution in [0.15, 0.2) is 55.0 Å². The molecule has 0 unspecified atom stereocenters. The van der Waals surface area contributed by atoms with Gasteiger partial charge in [0.2, 0.25) is 0 Å². The average molecular weight is 393 g/mol. The highest BCUT2D eigenvalue weighted by atomic mass is 19.1. The number of benzene rings is 1. The molecule has 1 N–H and O–H groups in total. The van der Waals surface area contributed by atoms with Crippen molar-refractivity contribution >= 4 is 22.5 Å². The number of carbonyl (C=O) groups excluding carboxylic acids is 1. The second kappa shape index (κ2) is 8.96. The molecular formula is C22H24FN5O. The third-order valence-electron chi connectivity index (χ3n) is 5.24. The van der Waals surface area contributed by atoms with Crippen LogP contribution in [0, 0.1) is 5.82 Å². The Hall–Kier alpha value is -3.06. The van der Waals surface area contributed by atoms with Crippen LogP contribution in [0.5, 0.6) is 0 Å². The number of amides is 1. The standard InChI is InChI=1S/C22H24FN5O/c23-19-4-5-20-17(15-19)6-9-25-21(20)28-13-11-27(12-14-28)10-2-8-26-22(29)18-3-1-7-24-16-18/h1,3-7,9,15-16H,2,8,10-14H2,(H,26,29). The first-order valence-electron chi connectivity index (χ1n) is 9.90. The number of fused-ring (bicyclic) bond motifs is 1.